The summed E-state index contributed by atoms with van der Waals surface area (Å²) >= 11 is 0. The van der Waals surface area contributed by atoms with Crippen molar-refractivity contribution in [1.29, 1.82) is 0 Å². The van der Waals surface area contributed by atoms with Crippen LogP contribution in [0.1, 0.15) is 23.5 Å². The molecule has 3 rings (SSSR count). The number of nitro benzene ring substituents is 1. The lowest BCUT2D eigenvalue weighted by molar-refractivity contribution is -0.385. The third kappa shape index (κ3) is 3.17. The molecule has 0 bridgehead atoms. The predicted octanol–water partition coefficient (Wildman–Crippen LogP) is 1.70. The maximum atomic E-state index is 12.6. The zero-order valence-electron chi connectivity index (χ0n) is 13.4. The minimum Gasteiger partial charge on any atom is -0.333 e. The van der Waals surface area contributed by atoms with Crippen molar-refractivity contribution in [2.45, 2.75) is 44.2 Å². The van der Waals surface area contributed by atoms with Gasteiger partial charge in [0, 0.05) is 37.3 Å². The second-order valence-electron chi connectivity index (χ2n) is 6.01. The molecule has 0 saturated heterocycles. The molecule has 1 atom stereocenters. The molecule has 1 unspecified atom stereocenters. The standard InChI is InChI=1S/C15H18N4O4S/c1-10-7-13(19(20)21)4-5-14(10)24(22,23)17-12-3-6-15-16-11(2)8-18(15)9-12/h4-5,7-8,12,17H,3,6,9H2,1-2H3. The quantitative estimate of drug-likeness (QED) is 0.667. The molecule has 24 heavy (non-hydrogen) atoms. The Bertz CT molecular complexity index is 904. The molecule has 1 N–H and O–H groups in total. The molecular formula is C15H18N4O4S. The van der Waals surface area contributed by atoms with E-state index in [1.165, 1.54) is 18.2 Å². The first-order chi connectivity index (χ1) is 11.3. The molecule has 1 aromatic carbocycles. The fraction of sp³-hybridized carbons (Fsp3) is 0.400. The molecule has 0 amide bonds. The average Bonchev–Trinajstić information content (AvgIpc) is 2.85. The van der Waals surface area contributed by atoms with E-state index in [0.717, 1.165) is 11.5 Å². The van der Waals surface area contributed by atoms with Gasteiger partial charge in [0.05, 0.1) is 15.5 Å². The van der Waals surface area contributed by atoms with Crippen LogP contribution in [0.25, 0.3) is 0 Å². The molecule has 0 radical (unpaired) electrons. The number of sulfonamides is 1. The molecule has 2 aromatic rings. The second-order valence-corrected chi connectivity index (χ2v) is 7.70. The molecule has 1 aliphatic rings. The van der Waals surface area contributed by atoms with Gasteiger partial charge in [-0.2, -0.15) is 0 Å². The molecule has 0 aliphatic carbocycles. The highest BCUT2D eigenvalue weighted by Gasteiger charge is 2.26. The summed E-state index contributed by atoms with van der Waals surface area (Å²) < 4.78 is 29.9. The van der Waals surface area contributed by atoms with E-state index in [0.29, 0.717) is 24.9 Å². The van der Waals surface area contributed by atoms with Crippen LogP contribution in [0.15, 0.2) is 29.3 Å². The van der Waals surface area contributed by atoms with Gasteiger partial charge in [-0.3, -0.25) is 10.1 Å². The van der Waals surface area contributed by atoms with Crippen molar-refractivity contribution in [3.63, 3.8) is 0 Å². The summed E-state index contributed by atoms with van der Waals surface area (Å²) in [5.74, 6) is 0.967. The largest absolute Gasteiger partial charge is 0.333 e. The number of fused-ring (bicyclic) bond motifs is 1. The summed E-state index contributed by atoms with van der Waals surface area (Å²) in [6, 6.07) is 3.53. The normalized spacial score (nSPS) is 17.5. The number of non-ortho nitro benzene ring substituents is 1. The highest BCUT2D eigenvalue weighted by Crippen LogP contribution is 2.23. The summed E-state index contributed by atoms with van der Waals surface area (Å²) in [5, 5.41) is 10.8. The summed E-state index contributed by atoms with van der Waals surface area (Å²) in [6.07, 6.45) is 3.29. The second kappa shape index (κ2) is 5.99. The van der Waals surface area contributed by atoms with Crippen LogP contribution >= 0.6 is 0 Å². The van der Waals surface area contributed by atoms with Gasteiger partial charge >= 0.3 is 0 Å². The van der Waals surface area contributed by atoms with E-state index in [-0.39, 0.29) is 16.6 Å². The van der Waals surface area contributed by atoms with Gasteiger partial charge in [0.2, 0.25) is 10.0 Å². The van der Waals surface area contributed by atoms with E-state index in [1.54, 1.807) is 6.92 Å². The Morgan fingerprint density at radius 3 is 2.79 bits per heavy atom. The third-order valence-electron chi connectivity index (χ3n) is 4.09. The number of nitrogens with zero attached hydrogens (tertiary/aromatic N) is 3. The highest BCUT2D eigenvalue weighted by atomic mass is 32.2. The van der Waals surface area contributed by atoms with Gasteiger partial charge < -0.3 is 4.57 Å². The van der Waals surface area contributed by atoms with Crippen LogP contribution in [0.4, 0.5) is 5.69 Å². The number of hydrogen-bond acceptors (Lipinski definition) is 5. The maximum absolute atomic E-state index is 12.6. The third-order valence-corrected chi connectivity index (χ3v) is 5.77. The van der Waals surface area contributed by atoms with Gasteiger partial charge in [-0.05, 0) is 31.9 Å². The van der Waals surface area contributed by atoms with Gasteiger partial charge in [0.25, 0.3) is 5.69 Å². The first-order valence-corrected chi connectivity index (χ1v) is 9.04. The zero-order valence-corrected chi connectivity index (χ0v) is 14.2. The first kappa shape index (κ1) is 16.6. The molecule has 1 aliphatic heterocycles. The number of hydrogen-bond donors (Lipinski definition) is 1. The Morgan fingerprint density at radius 2 is 2.12 bits per heavy atom. The first-order valence-electron chi connectivity index (χ1n) is 7.56. The number of benzene rings is 1. The van der Waals surface area contributed by atoms with Crippen molar-refractivity contribution in [1.82, 2.24) is 14.3 Å². The Balaban J connectivity index is 1.81. The minimum absolute atomic E-state index is 0.0701. The van der Waals surface area contributed by atoms with Crippen LogP contribution in [-0.2, 0) is 23.0 Å². The number of imidazole rings is 1. The predicted molar refractivity (Wildman–Crippen MR) is 87.2 cm³/mol. The van der Waals surface area contributed by atoms with Crippen LogP contribution in [-0.4, -0.2) is 28.9 Å². The van der Waals surface area contributed by atoms with Crippen LogP contribution in [0.3, 0.4) is 0 Å². The summed E-state index contributed by atoms with van der Waals surface area (Å²) in [5.41, 5.74) is 1.15. The Kier molecular flexibility index (Phi) is 4.14. The van der Waals surface area contributed by atoms with Gasteiger partial charge in [-0.15, -0.1) is 0 Å². The van der Waals surface area contributed by atoms with Gasteiger partial charge in [-0.1, -0.05) is 0 Å². The van der Waals surface area contributed by atoms with Crippen molar-refractivity contribution in [2.75, 3.05) is 0 Å². The van der Waals surface area contributed by atoms with E-state index < -0.39 is 14.9 Å². The smallest absolute Gasteiger partial charge is 0.269 e. The summed E-state index contributed by atoms with van der Waals surface area (Å²) in [7, 11) is -3.74. The van der Waals surface area contributed by atoms with E-state index in [4.69, 9.17) is 0 Å². The SMILES string of the molecule is Cc1cn2c(n1)CCC(NS(=O)(=O)c1ccc([N+](=O)[O-])cc1C)C2. The fourth-order valence-electron chi connectivity index (χ4n) is 3.01. The average molecular weight is 350 g/mol. The lowest BCUT2D eigenvalue weighted by atomic mass is 10.1. The summed E-state index contributed by atoms with van der Waals surface area (Å²) in [6.45, 7) is 3.99. The molecule has 9 heteroatoms. The van der Waals surface area contributed by atoms with Gasteiger partial charge in [0.15, 0.2) is 0 Å². The van der Waals surface area contributed by atoms with Crippen LogP contribution in [0.2, 0.25) is 0 Å². The summed E-state index contributed by atoms with van der Waals surface area (Å²) in [4.78, 5) is 14.7. The van der Waals surface area contributed by atoms with Crippen molar-refractivity contribution < 1.29 is 13.3 Å². The molecule has 2 heterocycles. The lowest BCUT2D eigenvalue weighted by Crippen LogP contribution is -2.41. The van der Waals surface area contributed by atoms with Crippen LogP contribution < -0.4 is 4.72 Å². The Morgan fingerprint density at radius 1 is 1.38 bits per heavy atom. The van der Waals surface area contributed by atoms with Crippen molar-refractivity contribution in [3.8, 4) is 0 Å². The van der Waals surface area contributed by atoms with Gasteiger partial charge in [0.1, 0.15) is 5.82 Å². The topological polar surface area (TPSA) is 107 Å². The number of aromatic nitrogens is 2. The number of nitro groups is 1. The van der Waals surface area contributed by atoms with Crippen molar-refractivity contribution >= 4 is 15.7 Å². The monoisotopic (exact) mass is 350 g/mol. The lowest BCUT2D eigenvalue weighted by Gasteiger charge is -2.24. The maximum Gasteiger partial charge on any atom is 0.269 e. The van der Waals surface area contributed by atoms with Crippen molar-refractivity contribution in [2.24, 2.45) is 0 Å². The Hall–Kier alpha value is -2.26. The molecule has 128 valence electrons. The fourth-order valence-corrected chi connectivity index (χ4v) is 4.50. The molecule has 0 fully saturated rings. The molecule has 0 spiro atoms. The molecular weight excluding hydrogens is 332 g/mol. The van der Waals surface area contributed by atoms with Crippen LogP contribution in [0.5, 0.6) is 0 Å². The van der Waals surface area contributed by atoms with Gasteiger partial charge in [-0.25, -0.2) is 18.1 Å². The van der Waals surface area contributed by atoms with E-state index in [2.05, 4.69) is 9.71 Å². The Labute approximate surface area is 139 Å². The van der Waals surface area contributed by atoms with E-state index in [9.17, 15) is 18.5 Å². The minimum atomic E-state index is -3.74. The van der Waals surface area contributed by atoms with Crippen LogP contribution in [0, 0.1) is 24.0 Å². The zero-order chi connectivity index (χ0) is 17.5. The van der Waals surface area contributed by atoms with E-state index in [1.807, 2.05) is 17.7 Å². The number of rotatable bonds is 4. The molecule has 8 nitrogen and oxygen atoms in total. The molecule has 1 aromatic heterocycles. The van der Waals surface area contributed by atoms with Crippen molar-refractivity contribution in [3.05, 3.63) is 51.6 Å². The highest BCUT2D eigenvalue weighted by molar-refractivity contribution is 7.89. The molecule has 0 saturated carbocycles. The number of aryl methyl sites for hydroxylation is 3. The number of nitrogens with one attached hydrogen (secondary N) is 1. The van der Waals surface area contributed by atoms with E-state index >= 15 is 0 Å².